The second-order valence-electron chi connectivity index (χ2n) is 4.61. The van der Waals surface area contributed by atoms with E-state index < -0.39 is 0 Å². The zero-order valence-electron chi connectivity index (χ0n) is 12.2. The molecule has 1 aromatic carbocycles. The lowest BCUT2D eigenvalue weighted by molar-refractivity contribution is 0.367. The van der Waals surface area contributed by atoms with Crippen molar-refractivity contribution >= 4 is 5.82 Å². The van der Waals surface area contributed by atoms with Crippen molar-refractivity contribution in [3.05, 3.63) is 36.2 Å². The van der Waals surface area contributed by atoms with Crippen molar-refractivity contribution in [3.63, 3.8) is 0 Å². The van der Waals surface area contributed by atoms with Gasteiger partial charge in [-0.2, -0.15) is 4.98 Å². The molecule has 2 rings (SSSR count). The highest BCUT2D eigenvalue weighted by Gasteiger charge is 2.15. The van der Waals surface area contributed by atoms with Crippen molar-refractivity contribution < 1.29 is 9.47 Å². The van der Waals surface area contributed by atoms with E-state index in [1.807, 2.05) is 24.3 Å². The van der Waals surface area contributed by atoms with Crippen molar-refractivity contribution in [3.8, 4) is 17.4 Å². The van der Waals surface area contributed by atoms with Gasteiger partial charge < -0.3 is 14.8 Å². The molecule has 0 bridgehead atoms. The molecule has 0 unspecified atom stereocenters. The van der Waals surface area contributed by atoms with Crippen LogP contribution in [0.4, 0.5) is 5.82 Å². The maximum absolute atomic E-state index is 5.92. The Balaban J connectivity index is 2.40. The molecule has 0 atom stereocenters. The smallest absolute Gasteiger partial charge is 0.268 e. The van der Waals surface area contributed by atoms with Gasteiger partial charge in [0, 0.05) is 7.05 Å². The maximum atomic E-state index is 5.92. The van der Waals surface area contributed by atoms with Gasteiger partial charge in [-0.1, -0.05) is 32.0 Å². The average Bonchev–Trinajstić information content (AvgIpc) is 2.47. The first kappa shape index (κ1) is 14.1. The number of hydrogen-bond donors (Lipinski definition) is 1. The summed E-state index contributed by atoms with van der Waals surface area (Å²) in [6.07, 6.45) is 1.45. The fourth-order valence-electron chi connectivity index (χ4n) is 1.95. The van der Waals surface area contributed by atoms with E-state index in [-0.39, 0.29) is 0 Å². The van der Waals surface area contributed by atoms with Crippen LogP contribution in [0.5, 0.6) is 17.4 Å². The second kappa shape index (κ2) is 6.23. The van der Waals surface area contributed by atoms with Crippen molar-refractivity contribution in [2.75, 3.05) is 19.5 Å². The third kappa shape index (κ3) is 2.82. The van der Waals surface area contributed by atoms with Crippen molar-refractivity contribution in [2.45, 2.75) is 19.8 Å². The Kier molecular flexibility index (Phi) is 4.40. The minimum atomic E-state index is 0.364. The number of ether oxygens (including phenoxy) is 2. The highest BCUT2D eigenvalue weighted by Crippen LogP contribution is 2.36. The number of nitrogens with zero attached hydrogens (tertiary/aromatic N) is 2. The van der Waals surface area contributed by atoms with Crippen LogP contribution in [-0.4, -0.2) is 24.1 Å². The van der Waals surface area contributed by atoms with Gasteiger partial charge in [0.1, 0.15) is 12.1 Å². The molecule has 0 spiro atoms. The molecule has 0 fully saturated rings. The largest absolute Gasteiger partial charge is 0.489 e. The summed E-state index contributed by atoms with van der Waals surface area (Å²) in [5.41, 5.74) is 1.12. The van der Waals surface area contributed by atoms with Crippen LogP contribution < -0.4 is 14.8 Å². The van der Waals surface area contributed by atoms with Crippen molar-refractivity contribution in [1.82, 2.24) is 9.97 Å². The molecule has 5 heteroatoms. The molecule has 5 nitrogen and oxygen atoms in total. The van der Waals surface area contributed by atoms with Gasteiger partial charge in [-0.15, -0.1) is 0 Å². The molecule has 2 aromatic rings. The summed E-state index contributed by atoms with van der Waals surface area (Å²) in [6.45, 7) is 4.25. The molecule has 1 heterocycles. The molecule has 1 aromatic heterocycles. The first-order valence-electron chi connectivity index (χ1n) is 6.50. The molecule has 106 valence electrons. The number of benzene rings is 1. The van der Waals surface area contributed by atoms with E-state index in [1.165, 1.54) is 6.33 Å². The summed E-state index contributed by atoms with van der Waals surface area (Å²) in [4.78, 5) is 8.26. The SMILES string of the molecule is CNc1ncnc(Oc2ccccc2C(C)C)c1OC. The normalized spacial score (nSPS) is 10.4. The van der Waals surface area contributed by atoms with E-state index in [2.05, 4.69) is 29.1 Å². The lowest BCUT2D eigenvalue weighted by Crippen LogP contribution is -2.02. The molecule has 0 saturated heterocycles. The van der Waals surface area contributed by atoms with Gasteiger partial charge in [-0.3, -0.25) is 0 Å². The number of para-hydroxylation sites is 1. The standard InChI is InChI=1S/C15H19N3O2/c1-10(2)11-7-5-6-8-12(11)20-15-13(19-4)14(16-3)17-9-18-15/h5-10H,1-4H3,(H,16,17,18). The Labute approximate surface area is 119 Å². The number of rotatable bonds is 5. The Morgan fingerprint density at radius 3 is 2.55 bits per heavy atom. The van der Waals surface area contributed by atoms with E-state index in [9.17, 15) is 0 Å². The van der Waals surface area contributed by atoms with Gasteiger partial charge in [0.05, 0.1) is 7.11 Å². The Morgan fingerprint density at radius 2 is 1.90 bits per heavy atom. The quantitative estimate of drug-likeness (QED) is 0.904. The fourth-order valence-corrected chi connectivity index (χ4v) is 1.95. The molecule has 0 radical (unpaired) electrons. The molecule has 0 aliphatic rings. The summed E-state index contributed by atoms with van der Waals surface area (Å²) in [7, 11) is 3.34. The zero-order valence-corrected chi connectivity index (χ0v) is 12.2. The van der Waals surface area contributed by atoms with Crippen molar-refractivity contribution in [1.29, 1.82) is 0 Å². The maximum Gasteiger partial charge on any atom is 0.268 e. The van der Waals surface area contributed by atoms with E-state index in [4.69, 9.17) is 9.47 Å². The number of nitrogens with one attached hydrogen (secondary N) is 1. The van der Waals surface area contributed by atoms with Crippen LogP contribution in [0.3, 0.4) is 0 Å². The zero-order chi connectivity index (χ0) is 14.5. The summed E-state index contributed by atoms with van der Waals surface area (Å²) in [5, 5.41) is 2.95. The van der Waals surface area contributed by atoms with Crippen molar-refractivity contribution in [2.24, 2.45) is 0 Å². The third-order valence-corrected chi connectivity index (χ3v) is 2.96. The Hall–Kier alpha value is -2.30. The van der Waals surface area contributed by atoms with Crippen LogP contribution in [0.1, 0.15) is 25.3 Å². The minimum absolute atomic E-state index is 0.364. The van der Waals surface area contributed by atoms with E-state index >= 15 is 0 Å². The Bertz CT molecular complexity index is 585. The molecule has 1 N–H and O–H groups in total. The average molecular weight is 273 g/mol. The summed E-state index contributed by atoms with van der Waals surface area (Å²) >= 11 is 0. The molecule has 20 heavy (non-hydrogen) atoms. The van der Waals surface area contributed by atoms with Crippen LogP contribution >= 0.6 is 0 Å². The number of methoxy groups -OCH3 is 1. The molecule has 0 aliphatic carbocycles. The first-order chi connectivity index (χ1) is 9.67. The van der Waals surface area contributed by atoms with E-state index in [0.717, 1.165) is 11.3 Å². The summed E-state index contributed by atoms with van der Waals surface area (Å²) < 4.78 is 11.2. The van der Waals surface area contributed by atoms with E-state index in [1.54, 1.807) is 14.2 Å². The summed E-state index contributed by atoms with van der Waals surface area (Å²) in [5.74, 6) is 2.64. The van der Waals surface area contributed by atoms with Crippen LogP contribution in [0.25, 0.3) is 0 Å². The lowest BCUT2D eigenvalue weighted by atomic mass is 10.0. The highest BCUT2D eigenvalue weighted by atomic mass is 16.5. The monoisotopic (exact) mass is 273 g/mol. The number of anilines is 1. The molecule has 0 amide bonds. The molecular formula is C15H19N3O2. The number of hydrogen-bond acceptors (Lipinski definition) is 5. The third-order valence-electron chi connectivity index (χ3n) is 2.96. The van der Waals surface area contributed by atoms with Gasteiger partial charge in [0.2, 0.25) is 5.75 Å². The first-order valence-corrected chi connectivity index (χ1v) is 6.50. The van der Waals surface area contributed by atoms with Crippen LogP contribution in [0.2, 0.25) is 0 Å². The molecule has 0 saturated carbocycles. The summed E-state index contributed by atoms with van der Waals surface area (Å²) in [6, 6.07) is 7.91. The van der Waals surface area contributed by atoms with Gasteiger partial charge in [-0.05, 0) is 17.5 Å². The minimum Gasteiger partial charge on any atom is -0.489 e. The topological polar surface area (TPSA) is 56.3 Å². The number of aromatic nitrogens is 2. The fraction of sp³-hybridized carbons (Fsp3) is 0.333. The van der Waals surface area contributed by atoms with Gasteiger partial charge >= 0.3 is 0 Å². The second-order valence-corrected chi connectivity index (χ2v) is 4.61. The van der Waals surface area contributed by atoms with E-state index in [0.29, 0.717) is 23.4 Å². The lowest BCUT2D eigenvalue weighted by Gasteiger charge is -2.15. The van der Waals surface area contributed by atoms with Crippen LogP contribution in [-0.2, 0) is 0 Å². The van der Waals surface area contributed by atoms with Crippen LogP contribution in [0, 0.1) is 0 Å². The predicted molar refractivity (Wildman–Crippen MR) is 78.7 cm³/mol. The molecule has 0 aliphatic heterocycles. The molecular weight excluding hydrogens is 254 g/mol. The Morgan fingerprint density at radius 1 is 1.15 bits per heavy atom. The highest BCUT2D eigenvalue weighted by molar-refractivity contribution is 5.55. The van der Waals surface area contributed by atoms with Gasteiger partial charge in [-0.25, -0.2) is 4.98 Å². The van der Waals surface area contributed by atoms with Crippen LogP contribution in [0.15, 0.2) is 30.6 Å². The van der Waals surface area contributed by atoms with Gasteiger partial charge in [0.15, 0.2) is 5.82 Å². The predicted octanol–water partition coefficient (Wildman–Crippen LogP) is 3.44. The van der Waals surface area contributed by atoms with Gasteiger partial charge in [0.25, 0.3) is 5.88 Å².